The number of aromatic nitrogens is 2. The Morgan fingerprint density at radius 1 is 1.27 bits per heavy atom. The molecule has 0 radical (unpaired) electrons. The third-order valence-corrected chi connectivity index (χ3v) is 3.94. The van der Waals surface area contributed by atoms with E-state index in [1.807, 2.05) is 13.8 Å². The summed E-state index contributed by atoms with van der Waals surface area (Å²) in [5, 5.41) is 0.282. The molecule has 0 aliphatic heterocycles. The fourth-order valence-corrected chi connectivity index (χ4v) is 2.86. The van der Waals surface area contributed by atoms with E-state index in [1.54, 1.807) is 6.20 Å². The summed E-state index contributed by atoms with van der Waals surface area (Å²) in [4.78, 5) is 8.43. The lowest BCUT2D eigenvalue weighted by Crippen LogP contribution is -2.15. The van der Waals surface area contributed by atoms with Crippen molar-refractivity contribution < 1.29 is 9.47 Å². The second kappa shape index (κ2) is 9.09. The minimum absolute atomic E-state index is 0.282. The van der Waals surface area contributed by atoms with Crippen LogP contribution in [0.1, 0.15) is 50.8 Å². The Labute approximate surface area is 137 Å². The molecule has 1 aliphatic rings. The van der Waals surface area contributed by atoms with Gasteiger partial charge < -0.3 is 9.47 Å². The molecule has 22 heavy (non-hydrogen) atoms. The van der Waals surface area contributed by atoms with Gasteiger partial charge in [-0.2, -0.15) is 0 Å². The minimum Gasteiger partial charge on any atom is -0.342 e. The third-order valence-electron chi connectivity index (χ3n) is 3.76. The van der Waals surface area contributed by atoms with Crippen LogP contribution in [0.5, 0.6) is 0 Å². The zero-order valence-corrected chi connectivity index (χ0v) is 14.0. The van der Waals surface area contributed by atoms with Gasteiger partial charge >= 0.3 is 0 Å². The zero-order chi connectivity index (χ0) is 15.8. The third kappa shape index (κ3) is 5.24. The van der Waals surface area contributed by atoms with E-state index >= 15 is 0 Å². The van der Waals surface area contributed by atoms with Crippen molar-refractivity contribution in [1.82, 2.24) is 9.97 Å². The summed E-state index contributed by atoms with van der Waals surface area (Å²) in [5.74, 6) is 6.79. The molecule has 0 saturated heterocycles. The molecule has 2 rings (SSSR count). The van der Waals surface area contributed by atoms with Crippen molar-refractivity contribution in [2.24, 2.45) is 5.92 Å². The van der Waals surface area contributed by atoms with E-state index in [-0.39, 0.29) is 5.28 Å². The molecule has 0 unspecified atom stereocenters. The summed E-state index contributed by atoms with van der Waals surface area (Å²) < 4.78 is 10.9. The average molecular weight is 323 g/mol. The first kappa shape index (κ1) is 17.2. The molecule has 0 spiro atoms. The Kier molecular flexibility index (Phi) is 7.11. The van der Waals surface area contributed by atoms with Crippen molar-refractivity contribution in [3.8, 4) is 11.8 Å². The van der Waals surface area contributed by atoms with Gasteiger partial charge in [0.2, 0.25) is 11.6 Å². The van der Waals surface area contributed by atoms with Crippen LogP contribution in [0.2, 0.25) is 5.28 Å². The molecule has 5 heteroatoms. The first-order valence-corrected chi connectivity index (χ1v) is 8.36. The lowest BCUT2D eigenvalue weighted by Gasteiger charge is -2.11. The van der Waals surface area contributed by atoms with E-state index in [1.165, 1.54) is 25.7 Å². The summed E-state index contributed by atoms with van der Waals surface area (Å²) in [6, 6.07) is 0. The van der Waals surface area contributed by atoms with Crippen LogP contribution in [0, 0.1) is 17.8 Å². The first-order chi connectivity index (χ1) is 10.7. The van der Waals surface area contributed by atoms with Crippen LogP contribution in [0.3, 0.4) is 0 Å². The number of halogens is 1. The maximum absolute atomic E-state index is 5.94. The molecular weight excluding hydrogens is 300 g/mol. The van der Waals surface area contributed by atoms with Crippen LogP contribution in [-0.2, 0) is 15.9 Å². The van der Waals surface area contributed by atoms with Crippen LogP contribution >= 0.6 is 11.6 Å². The minimum atomic E-state index is -0.509. The number of hydrogen-bond acceptors (Lipinski definition) is 4. The molecule has 0 aromatic carbocycles. The quantitative estimate of drug-likeness (QED) is 0.456. The first-order valence-electron chi connectivity index (χ1n) is 7.99. The Morgan fingerprint density at radius 2 is 1.95 bits per heavy atom. The predicted molar refractivity (Wildman–Crippen MR) is 86.6 cm³/mol. The molecule has 1 saturated carbocycles. The Morgan fingerprint density at radius 3 is 2.59 bits per heavy atom. The molecule has 0 N–H and O–H groups in total. The van der Waals surface area contributed by atoms with Gasteiger partial charge in [0.05, 0.1) is 11.3 Å². The maximum Gasteiger partial charge on any atom is 0.222 e. The Balaban J connectivity index is 2.15. The molecule has 1 aromatic rings. The van der Waals surface area contributed by atoms with Gasteiger partial charge in [-0.1, -0.05) is 31.6 Å². The number of ether oxygens (including phenoxy) is 2. The summed E-state index contributed by atoms with van der Waals surface area (Å²) in [6.45, 7) is 4.96. The van der Waals surface area contributed by atoms with Crippen LogP contribution in [0.25, 0.3) is 0 Å². The molecule has 0 bridgehead atoms. The van der Waals surface area contributed by atoms with Gasteiger partial charge in [-0.3, -0.25) is 0 Å². The van der Waals surface area contributed by atoms with E-state index in [0.717, 1.165) is 17.7 Å². The topological polar surface area (TPSA) is 44.2 Å². The number of rotatable bonds is 6. The lowest BCUT2D eigenvalue weighted by atomic mass is 9.99. The van der Waals surface area contributed by atoms with Crippen molar-refractivity contribution in [3.63, 3.8) is 0 Å². The average Bonchev–Trinajstić information content (AvgIpc) is 3.00. The van der Waals surface area contributed by atoms with Gasteiger partial charge in [-0.15, -0.1) is 0 Å². The smallest absolute Gasteiger partial charge is 0.222 e. The Bertz CT molecular complexity index is 527. The molecular formula is C17H23ClN2O2. The molecule has 0 atom stereocenters. The van der Waals surface area contributed by atoms with Gasteiger partial charge in [-0.05, 0) is 43.7 Å². The Hall–Kier alpha value is -1.15. The van der Waals surface area contributed by atoms with Crippen molar-refractivity contribution in [2.75, 3.05) is 13.2 Å². The summed E-state index contributed by atoms with van der Waals surface area (Å²) in [5.41, 5.74) is 1.76. The van der Waals surface area contributed by atoms with E-state index in [2.05, 4.69) is 21.8 Å². The van der Waals surface area contributed by atoms with Crippen molar-refractivity contribution in [3.05, 3.63) is 22.7 Å². The SMILES string of the molecule is CCOC(C#Cc1cnc(Cl)nc1CC1CCCC1)OCC. The van der Waals surface area contributed by atoms with Gasteiger partial charge in [0.15, 0.2) is 0 Å². The number of nitrogens with zero attached hydrogens (tertiary/aromatic N) is 2. The van der Waals surface area contributed by atoms with Crippen LogP contribution in [0.4, 0.5) is 0 Å². The number of hydrogen-bond donors (Lipinski definition) is 0. The van der Waals surface area contributed by atoms with Crippen molar-refractivity contribution in [1.29, 1.82) is 0 Å². The highest BCUT2D eigenvalue weighted by molar-refractivity contribution is 6.28. The molecule has 1 aromatic heterocycles. The fraction of sp³-hybridized carbons (Fsp3) is 0.647. The van der Waals surface area contributed by atoms with Gasteiger partial charge in [0.1, 0.15) is 0 Å². The molecule has 4 nitrogen and oxygen atoms in total. The van der Waals surface area contributed by atoms with Crippen LogP contribution < -0.4 is 0 Å². The zero-order valence-electron chi connectivity index (χ0n) is 13.3. The van der Waals surface area contributed by atoms with E-state index < -0.39 is 6.29 Å². The molecule has 120 valence electrons. The largest absolute Gasteiger partial charge is 0.342 e. The summed E-state index contributed by atoms with van der Waals surface area (Å²) >= 11 is 5.94. The summed E-state index contributed by atoms with van der Waals surface area (Å²) in [6.07, 6.45) is 7.24. The molecule has 0 amide bonds. The second-order valence-corrected chi connectivity index (χ2v) is 5.70. The van der Waals surface area contributed by atoms with Gasteiger partial charge in [0, 0.05) is 19.4 Å². The van der Waals surface area contributed by atoms with E-state index in [4.69, 9.17) is 21.1 Å². The van der Waals surface area contributed by atoms with E-state index in [0.29, 0.717) is 19.1 Å². The second-order valence-electron chi connectivity index (χ2n) is 5.37. The van der Waals surface area contributed by atoms with Crippen LogP contribution in [0.15, 0.2) is 6.20 Å². The standard InChI is InChI=1S/C17H23ClN2O2/c1-3-21-16(22-4-2)10-9-14-12-19-17(18)20-15(14)11-13-7-5-6-8-13/h12-13,16H,3-8,11H2,1-2H3. The lowest BCUT2D eigenvalue weighted by molar-refractivity contribution is -0.0969. The highest BCUT2D eigenvalue weighted by Crippen LogP contribution is 2.28. The van der Waals surface area contributed by atoms with Gasteiger partial charge in [0.25, 0.3) is 0 Å². The molecule has 1 aliphatic carbocycles. The molecule has 1 heterocycles. The monoisotopic (exact) mass is 322 g/mol. The predicted octanol–water partition coefficient (Wildman–Crippen LogP) is 3.61. The van der Waals surface area contributed by atoms with Gasteiger partial charge in [-0.25, -0.2) is 9.97 Å². The normalized spacial score (nSPS) is 15.1. The molecule has 1 fully saturated rings. The van der Waals surface area contributed by atoms with Crippen molar-refractivity contribution in [2.45, 2.75) is 52.2 Å². The van der Waals surface area contributed by atoms with Crippen LogP contribution in [-0.4, -0.2) is 29.5 Å². The fourth-order valence-electron chi connectivity index (χ4n) is 2.71. The highest BCUT2D eigenvalue weighted by atomic mass is 35.5. The van der Waals surface area contributed by atoms with E-state index in [9.17, 15) is 0 Å². The summed E-state index contributed by atoms with van der Waals surface area (Å²) in [7, 11) is 0. The maximum atomic E-state index is 5.94. The van der Waals surface area contributed by atoms with Crippen molar-refractivity contribution >= 4 is 11.6 Å². The highest BCUT2D eigenvalue weighted by Gasteiger charge is 2.18.